The molecule has 3 saturated heterocycles. The first-order valence-corrected chi connectivity index (χ1v) is 16.9. The second kappa shape index (κ2) is 13.3. The van der Waals surface area contributed by atoms with Crippen LogP contribution in [0.25, 0.3) is 10.8 Å². The van der Waals surface area contributed by atoms with Crippen LogP contribution in [0.2, 0.25) is 0 Å². The van der Waals surface area contributed by atoms with Gasteiger partial charge in [0, 0.05) is 29.3 Å². The number of alkyl halides is 1. The van der Waals surface area contributed by atoms with E-state index in [-0.39, 0.29) is 42.2 Å². The number of aliphatic hydroxyl groups is 1. The van der Waals surface area contributed by atoms with Crippen LogP contribution in [0.5, 0.6) is 5.75 Å². The highest BCUT2D eigenvalue weighted by atomic mass is 79.9. The van der Waals surface area contributed by atoms with Crippen LogP contribution in [0.3, 0.4) is 0 Å². The number of likely N-dealkylation sites (tertiary alicyclic amines) is 1. The lowest BCUT2D eigenvalue weighted by Crippen LogP contribution is -2.59. The summed E-state index contributed by atoms with van der Waals surface area (Å²) in [6.07, 6.45) is 3.01. The largest absolute Gasteiger partial charge is 0.494 e. The fraction of sp³-hybridized carbons (Fsp3) is 0.378. The van der Waals surface area contributed by atoms with Crippen molar-refractivity contribution in [1.82, 2.24) is 4.90 Å². The van der Waals surface area contributed by atoms with Crippen molar-refractivity contribution >= 4 is 55.8 Å². The van der Waals surface area contributed by atoms with E-state index in [0.29, 0.717) is 30.2 Å². The van der Waals surface area contributed by atoms with E-state index < -0.39 is 35.6 Å². The molecule has 3 aromatic rings. The molecule has 3 aromatic carbocycles. The van der Waals surface area contributed by atoms with Crippen LogP contribution in [0, 0.1) is 11.8 Å². The van der Waals surface area contributed by atoms with Gasteiger partial charge in [-0.25, -0.2) is 0 Å². The SMILES string of the molecule is C=CCN(C(=O)C1N([C@H](C)CO)C(=O)[C@@H]2[C@@H](C(=O)N(CC=C)c3ccc(OCC)cc3)[C@@H]3OC12CC3Br)c1ccc2ccccc2c1. The molecule has 3 aliphatic heterocycles. The van der Waals surface area contributed by atoms with E-state index in [2.05, 4.69) is 29.1 Å². The Labute approximate surface area is 283 Å². The van der Waals surface area contributed by atoms with Gasteiger partial charge in [0.25, 0.3) is 5.91 Å². The minimum Gasteiger partial charge on any atom is -0.494 e. The number of aliphatic hydroxyl groups excluding tert-OH is 1. The van der Waals surface area contributed by atoms with Crippen LogP contribution < -0.4 is 14.5 Å². The van der Waals surface area contributed by atoms with E-state index in [1.807, 2.05) is 61.5 Å². The molecule has 2 bridgehead atoms. The Morgan fingerprint density at radius 3 is 2.32 bits per heavy atom. The summed E-state index contributed by atoms with van der Waals surface area (Å²) in [5.74, 6) is -2.11. The van der Waals surface area contributed by atoms with Gasteiger partial charge in [0.1, 0.15) is 17.4 Å². The quantitative estimate of drug-likeness (QED) is 0.208. The monoisotopic (exact) mass is 701 g/mol. The van der Waals surface area contributed by atoms with E-state index in [0.717, 1.165) is 10.8 Å². The van der Waals surface area contributed by atoms with Gasteiger partial charge in [-0.3, -0.25) is 14.4 Å². The molecule has 6 rings (SSSR count). The number of halogens is 1. The summed E-state index contributed by atoms with van der Waals surface area (Å²) in [7, 11) is 0. The molecule has 0 aromatic heterocycles. The molecule has 10 heteroatoms. The van der Waals surface area contributed by atoms with Crippen LogP contribution in [-0.4, -0.2) is 82.6 Å². The van der Waals surface area contributed by atoms with Crippen molar-refractivity contribution in [2.45, 2.75) is 48.9 Å². The zero-order chi connectivity index (χ0) is 33.5. The normalized spacial score (nSPS) is 26.6. The molecule has 47 heavy (non-hydrogen) atoms. The zero-order valence-corrected chi connectivity index (χ0v) is 28.2. The first-order valence-electron chi connectivity index (χ1n) is 16.0. The van der Waals surface area contributed by atoms with Crippen molar-refractivity contribution in [3.05, 3.63) is 92.0 Å². The lowest BCUT2D eigenvalue weighted by molar-refractivity contribution is -0.143. The fourth-order valence-electron chi connectivity index (χ4n) is 7.66. The maximum atomic E-state index is 14.9. The zero-order valence-electron chi connectivity index (χ0n) is 26.6. The predicted molar refractivity (Wildman–Crippen MR) is 186 cm³/mol. The van der Waals surface area contributed by atoms with Crippen LogP contribution >= 0.6 is 15.9 Å². The number of ether oxygens (including phenoxy) is 2. The van der Waals surface area contributed by atoms with Crippen LogP contribution in [0.15, 0.2) is 92.0 Å². The first kappa shape index (κ1) is 32.9. The summed E-state index contributed by atoms with van der Waals surface area (Å²) in [4.78, 5) is 48.4. The molecule has 3 amide bonds. The molecule has 246 valence electrons. The molecule has 0 aliphatic carbocycles. The standard InChI is InChI=1S/C37H40BrN3O6/c1-5-18-39(26-14-16-28(17-15-26)46-7-3)34(43)30-31-35(44)41(23(4)22-42)33(37(31)21-29(38)32(30)47-37)36(45)40(19-6-2)27-13-12-24-10-8-9-11-25(24)20-27/h5-6,8-17,20,23,29-33,42H,1-2,7,18-19,21-22H2,3-4H3/t23-,29?,30-,31+,32-,33?,37?/m1/s1. The van der Waals surface area contributed by atoms with E-state index in [4.69, 9.17) is 9.47 Å². The summed E-state index contributed by atoms with van der Waals surface area (Å²) in [6.45, 7) is 12.0. The Morgan fingerprint density at radius 1 is 1.04 bits per heavy atom. The van der Waals surface area contributed by atoms with Gasteiger partial charge < -0.3 is 29.3 Å². The van der Waals surface area contributed by atoms with Crippen molar-refractivity contribution in [3.63, 3.8) is 0 Å². The highest BCUT2D eigenvalue weighted by Gasteiger charge is 2.77. The first-order chi connectivity index (χ1) is 22.7. The molecule has 3 unspecified atom stereocenters. The highest BCUT2D eigenvalue weighted by Crippen LogP contribution is 2.61. The summed E-state index contributed by atoms with van der Waals surface area (Å²) in [5.41, 5.74) is 0.000223. The van der Waals surface area contributed by atoms with Gasteiger partial charge >= 0.3 is 0 Å². The molecule has 1 N–H and O–H groups in total. The number of hydrogen-bond acceptors (Lipinski definition) is 6. The Morgan fingerprint density at radius 2 is 1.68 bits per heavy atom. The van der Waals surface area contributed by atoms with Crippen molar-refractivity contribution in [3.8, 4) is 5.75 Å². The third-order valence-corrected chi connectivity index (χ3v) is 10.5. The number of amides is 3. The Hall–Kier alpha value is -3.99. The molecule has 0 saturated carbocycles. The Bertz CT molecular complexity index is 1700. The van der Waals surface area contributed by atoms with Gasteiger partial charge in [-0.15, -0.1) is 13.2 Å². The van der Waals surface area contributed by atoms with Crippen LogP contribution in [0.4, 0.5) is 11.4 Å². The van der Waals surface area contributed by atoms with Crippen molar-refractivity contribution in [2.24, 2.45) is 11.8 Å². The predicted octanol–water partition coefficient (Wildman–Crippen LogP) is 5.11. The number of hydrogen-bond donors (Lipinski definition) is 1. The number of benzene rings is 3. The Balaban J connectivity index is 1.41. The molecule has 3 fully saturated rings. The van der Waals surface area contributed by atoms with E-state index in [1.54, 1.807) is 41.0 Å². The average molecular weight is 703 g/mol. The fourth-order valence-corrected chi connectivity index (χ4v) is 8.60. The van der Waals surface area contributed by atoms with Crippen LogP contribution in [-0.2, 0) is 19.1 Å². The van der Waals surface area contributed by atoms with Gasteiger partial charge in [-0.05, 0) is 67.4 Å². The van der Waals surface area contributed by atoms with Gasteiger partial charge in [0.15, 0.2) is 0 Å². The second-order valence-electron chi connectivity index (χ2n) is 12.4. The summed E-state index contributed by atoms with van der Waals surface area (Å²) >= 11 is 3.76. The summed E-state index contributed by atoms with van der Waals surface area (Å²) in [5, 5.41) is 12.3. The smallest absolute Gasteiger partial charge is 0.253 e. The van der Waals surface area contributed by atoms with Crippen molar-refractivity contribution < 1.29 is 29.0 Å². The molecular formula is C37H40BrN3O6. The summed E-state index contributed by atoms with van der Waals surface area (Å²) in [6, 6.07) is 19.1. The number of anilines is 2. The molecule has 7 atom stereocenters. The molecule has 0 radical (unpaired) electrons. The molecule has 3 aliphatic rings. The minimum atomic E-state index is -1.29. The molecule has 1 spiro atoms. The van der Waals surface area contributed by atoms with Gasteiger partial charge in [-0.1, -0.05) is 58.4 Å². The molecule has 9 nitrogen and oxygen atoms in total. The number of nitrogens with zero attached hydrogens (tertiary/aromatic N) is 3. The number of rotatable bonds is 12. The maximum Gasteiger partial charge on any atom is 0.253 e. The Kier molecular flexibility index (Phi) is 9.29. The van der Waals surface area contributed by atoms with E-state index in [1.165, 1.54) is 4.90 Å². The lowest BCUT2D eigenvalue weighted by atomic mass is 9.70. The van der Waals surface area contributed by atoms with Gasteiger partial charge in [0.05, 0.1) is 37.2 Å². The third kappa shape index (κ3) is 5.46. The van der Waals surface area contributed by atoms with Gasteiger partial charge in [-0.2, -0.15) is 0 Å². The lowest BCUT2D eigenvalue weighted by Gasteiger charge is -2.38. The minimum absolute atomic E-state index is 0.193. The second-order valence-corrected chi connectivity index (χ2v) is 13.6. The average Bonchev–Trinajstić information content (AvgIpc) is 3.68. The molecule has 3 heterocycles. The number of carbonyl (C=O) groups is 3. The topological polar surface area (TPSA) is 99.6 Å². The van der Waals surface area contributed by atoms with Gasteiger partial charge in [0.2, 0.25) is 11.8 Å². The van der Waals surface area contributed by atoms with Crippen molar-refractivity contribution in [2.75, 3.05) is 36.1 Å². The number of carbonyl (C=O) groups excluding carboxylic acids is 3. The third-order valence-electron chi connectivity index (χ3n) is 9.64. The summed E-state index contributed by atoms with van der Waals surface area (Å²) < 4.78 is 12.3. The van der Waals surface area contributed by atoms with E-state index >= 15 is 0 Å². The van der Waals surface area contributed by atoms with Crippen LogP contribution in [0.1, 0.15) is 20.3 Å². The van der Waals surface area contributed by atoms with E-state index in [9.17, 15) is 19.5 Å². The molecular weight excluding hydrogens is 662 g/mol. The maximum absolute atomic E-state index is 14.9. The highest BCUT2D eigenvalue weighted by molar-refractivity contribution is 9.09. The van der Waals surface area contributed by atoms with Crippen molar-refractivity contribution in [1.29, 1.82) is 0 Å². The number of fused-ring (bicyclic) bond motifs is 2.